The summed E-state index contributed by atoms with van der Waals surface area (Å²) in [4.78, 5) is 27.7. The summed E-state index contributed by atoms with van der Waals surface area (Å²) in [5.41, 5.74) is 24.1. The highest BCUT2D eigenvalue weighted by atomic mass is 32.2. The monoisotopic (exact) mass is 857 g/mol. The number of aliphatic hydroxyl groups is 7. The van der Waals surface area contributed by atoms with Gasteiger partial charge in [-0.15, -0.1) is 0 Å². The number of ether oxygens (including phenoxy) is 4. The van der Waals surface area contributed by atoms with Gasteiger partial charge in [-0.05, 0) is 48.2 Å². The highest BCUT2D eigenvalue weighted by molar-refractivity contribution is 7.92. The van der Waals surface area contributed by atoms with Crippen molar-refractivity contribution in [3.8, 4) is 0 Å². The predicted molar refractivity (Wildman–Crippen MR) is 209 cm³/mol. The zero-order valence-corrected chi connectivity index (χ0v) is 33.3. The number of sulfonamides is 1. The van der Waals surface area contributed by atoms with Crippen molar-refractivity contribution >= 4 is 26.7 Å². The molecule has 3 aromatic rings. The fraction of sp³-hybridized carbons (Fsp3) is 0.611. The van der Waals surface area contributed by atoms with Gasteiger partial charge in [-0.2, -0.15) is 0 Å². The Bertz CT molecular complexity index is 2060. The quantitative estimate of drug-likeness (QED) is 0.0848. The summed E-state index contributed by atoms with van der Waals surface area (Å²) in [6.45, 7) is 3.31. The lowest BCUT2D eigenvalue weighted by atomic mass is 9.84. The van der Waals surface area contributed by atoms with Gasteiger partial charge in [0.1, 0.15) is 61.0 Å². The largest absolute Gasteiger partial charge is 0.394 e. The first kappa shape index (κ1) is 46.6. The molecule has 0 spiro atoms. The fourth-order valence-electron chi connectivity index (χ4n) is 7.03. The molecule has 22 nitrogen and oxygen atoms in total. The average Bonchev–Trinajstić information content (AvgIpc) is 3.20. The molecule has 15 atom stereocenters. The van der Waals surface area contributed by atoms with Crippen LogP contribution in [0.25, 0.3) is 11.0 Å². The van der Waals surface area contributed by atoms with Crippen LogP contribution in [0, 0.1) is 0 Å². The number of rotatable bonds is 10. The Kier molecular flexibility index (Phi) is 15.1. The SMILES string of the molecule is CC(C)c1cccc(N(C)S(=O)(=O)c2ccc3[nH]c(=O)c(=O)[nH]c3c2)c1.NC[C@H]1O[C@H](O[C@H]2[C@H](O)[C@@H](O[C@H]3O[C@H](CO)[C@@H](O)[C@H](N)[C@H]3O)[C@H](N)C[C@@H]2N)[C@H](O)[C@@H](O)[C@@H]1O. The third-order valence-corrected chi connectivity index (χ3v) is 12.5. The maximum atomic E-state index is 13.0. The Morgan fingerprint density at radius 2 is 1.36 bits per heavy atom. The normalized spacial score (nSPS) is 35.3. The minimum Gasteiger partial charge on any atom is -0.394 e. The van der Waals surface area contributed by atoms with Crippen molar-refractivity contribution in [2.75, 3.05) is 24.5 Å². The maximum Gasteiger partial charge on any atom is 0.314 e. The lowest BCUT2D eigenvalue weighted by Gasteiger charge is -2.48. The number of nitrogens with two attached hydrogens (primary N) is 4. The van der Waals surface area contributed by atoms with Crippen LogP contribution >= 0.6 is 0 Å². The highest BCUT2D eigenvalue weighted by Crippen LogP contribution is 2.32. The number of benzene rings is 2. The molecule has 59 heavy (non-hydrogen) atoms. The molecule has 1 aliphatic carbocycles. The number of aromatic amines is 2. The van der Waals surface area contributed by atoms with E-state index in [1.165, 1.54) is 29.6 Å². The number of fused-ring (bicyclic) bond motifs is 1. The number of nitrogens with zero attached hydrogens (tertiary/aromatic N) is 1. The Hall–Kier alpha value is -3.47. The van der Waals surface area contributed by atoms with Crippen LogP contribution in [0.1, 0.15) is 31.7 Å². The molecular weight excluding hydrogens is 802 g/mol. The molecule has 1 aromatic heterocycles. The van der Waals surface area contributed by atoms with E-state index in [0.717, 1.165) is 5.56 Å². The second-order valence-corrected chi connectivity index (χ2v) is 17.1. The summed E-state index contributed by atoms with van der Waals surface area (Å²) < 4.78 is 49.3. The van der Waals surface area contributed by atoms with Crippen LogP contribution < -0.4 is 38.4 Å². The summed E-state index contributed by atoms with van der Waals surface area (Å²) in [6, 6.07) is 8.66. The summed E-state index contributed by atoms with van der Waals surface area (Å²) in [5.74, 6) is 0.272. The Morgan fingerprint density at radius 1 is 0.780 bits per heavy atom. The summed E-state index contributed by atoms with van der Waals surface area (Å²) >= 11 is 0. The van der Waals surface area contributed by atoms with Gasteiger partial charge in [0.2, 0.25) is 0 Å². The molecular formula is C36H55N7O15S. The number of anilines is 1. The summed E-state index contributed by atoms with van der Waals surface area (Å²) in [7, 11) is -2.35. The third kappa shape index (κ3) is 9.86. The summed E-state index contributed by atoms with van der Waals surface area (Å²) in [6.07, 6.45) is -16.5. The van der Waals surface area contributed by atoms with Crippen molar-refractivity contribution in [3.05, 3.63) is 68.7 Å². The molecule has 0 bridgehead atoms. The maximum absolute atomic E-state index is 13.0. The molecule has 0 amide bonds. The molecule has 3 fully saturated rings. The highest BCUT2D eigenvalue weighted by Gasteiger charge is 2.51. The second-order valence-electron chi connectivity index (χ2n) is 15.1. The van der Waals surface area contributed by atoms with Crippen LogP contribution in [-0.4, -0.2) is 166 Å². The van der Waals surface area contributed by atoms with Gasteiger partial charge in [0, 0.05) is 25.7 Å². The lowest BCUT2D eigenvalue weighted by Crippen LogP contribution is -2.68. The van der Waals surface area contributed by atoms with Gasteiger partial charge < -0.3 is 87.6 Å². The molecule has 23 heteroatoms. The van der Waals surface area contributed by atoms with Gasteiger partial charge in [-0.3, -0.25) is 13.9 Å². The van der Waals surface area contributed by atoms with Gasteiger partial charge >= 0.3 is 11.1 Å². The number of aromatic nitrogens is 2. The van der Waals surface area contributed by atoms with Crippen molar-refractivity contribution in [3.63, 3.8) is 0 Å². The van der Waals surface area contributed by atoms with E-state index < -0.39 is 119 Å². The molecule has 3 aliphatic rings. The Balaban J connectivity index is 0.000000230. The average molecular weight is 858 g/mol. The van der Waals surface area contributed by atoms with Crippen molar-refractivity contribution in [1.82, 2.24) is 9.97 Å². The van der Waals surface area contributed by atoms with E-state index in [0.29, 0.717) is 11.2 Å². The van der Waals surface area contributed by atoms with Crippen LogP contribution in [0.5, 0.6) is 0 Å². The molecule has 0 unspecified atom stereocenters. The Morgan fingerprint density at radius 3 is 1.93 bits per heavy atom. The first-order chi connectivity index (χ1) is 27.7. The molecule has 0 radical (unpaired) electrons. The van der Waals surface area contributed by atoms with Crippen LogP contribution in [0.4, 0.5) is 5.69 Å². The molecule has 17 N–H and O–H groups in total. The number of aliphatic hydroxyl groups excluding tert-OH is 7. The smallest absolute Gasteiger partial charge is 0.314 e. The van der Waals surface area contributed by atoms with E-state index >= 15 is 0 Å². The van der Waals surface area contributed by atoms with Crippen molar-refractivity contribution in [2.24, 2.45) is 22.9 Å². The van der Waals surface area contributed by atoms with Gasteiger partial charge in [0.05, 0.1) is 34.3 Å². The zero-order chi connectivity index (χ0) is 43.7. The van der Waals surface area contributed by atoms with Crippen molar-refractivity contribution in [2.45, 2.75) is 123 Å². The van der Waals surface area contributed by atoms with Crippen LogP contribution in [-0.2, 0) is 29.0 Å². The third-order valence-electron chi connectivity index (χ3n) is 10.7. The van der Waals surface area contributed by atoms with Gasteiger partial charge in [0.15, 0.2) is 12.6 Å². The van der Waals surface area contributed by atoms with E-state index in [-0.39, 0.29) is 29.3 Å². The predicted octanol–water partition coefficient (Wildman–Crippen LogP) is -5.13. The molecule has 1 saturated carbocycles. The molecule has 6 rings (SSSR count). The first-order valence-electron chi connectivity index (χ1n) is 18.8. The van der Waals surface area contributed by atoms with Gasteiger partial charge in [0.25, 0.3) is 10.0 Å². The lowest BCUT2D eigenvalue weighted by molar-refractivity contribution is -0.332. The minimum absolute atomic E-state index is 0.0187. The molecule has 3 heterocycles. The number of nitrogens with one attached hydrogen (secondary N) is 2. The number of hydrogen-bond donors (Lipinski definition) is 13. The van der Waals surface area contributed by atoms with Crippen LogP contribution in [0.2, 0.25) is 0 Å². The van der Waals surface area contributed by atoms with E-state index in [4.69, 9.17) is 41.9 Å². The van der Waals surface area contributed by atoms with Crippen LogP contribution in [0.15, 0.2) is 56.9 Å². The van der Waals surface area contributed by atoms with Gasteiger partial charge in [-0.1, -0.05) is 26.0 Å². The second kappa shape index (κ2) is 19.1. The number of hydrogen-bond acceptors (Lipinski definition) is 19. The van der Waals surface area contributed by atoms with Crippen molar-refractivity contribution in [1.29, 1.82) is 0 Å². The topological polar surface area (TPSA) is 386 Å². The zero-order valence-electron chi connectivity index (χ0n) is 32.5. The van der Waals surface area contributed by atoms with Crippen molar-refractivity contribution < 1.29 is 63.1 Å². The molecule has 2 saturated heterocycles. The van der Waals surface area contributed by atoms with E-state index in [9.17, 15) is 53.8 Å². The summed E-state index contributed by atoms with van der Waals surface area (Å²) in [5, 5.41) is 70.9. The van der Waals surface area contributed by atoms with E-state index in [1.54, 1.807) is 6.07 Å². The minimum atomic E-state index is -3.83. The van der Waals surface area contributed by atoms with E-state index in [2.05, 4.69) is 9.97 Å². The Labute approximate surface area is 338 Å². The standard InChI is InChI=1S/C18H36N4O11.C18H19N3O4S/c19-2-6-10(25)12(27)13(28)18(30-6)33-16-5(21)1-4(20)15(14(16)29)32-17-11(26)8(22)9(24)7(3-23)31-17;1-11(2)12-5-4-6-13(9-12)21(3)26(24,25)14-7-8-15-16(10-14)20-18(23)17(22)19-15/h4-18,23-29H,1-3,19-22H2;4-11H,1-3H3,(H,19,22)(H,20,23)/t4-,5+,6-,7-,8+,9-,10-,11-,12+,13-,14-,15+,16-,17-,18-;/m1./s1. The fourth-order valence-corrected chi connectivity index (χ4v) is 8.25. The van der Waals surface area contributed by atoms with Gasteiger partial charge in [-0.25, -0.2) is 8.42 Å². The van der Waals surface area contributed by atoms with Crippen LogP contribution in [0.3, 0.4) is 0 Å². The van der Waals surface area contributed by atoms with E-state index in [1.807, 2.05) is 32.0 Å². The molecule has 330 valence electrons. The molecule has 2 aliphatic heterocycles. The number of H-pyrrole nitrogens is 2. The first-order valence-corrected chi connectivity index (χ1v) is 20.3. The molecule has 2 aromatic carbocycles.